The monoisotopic (exact) mass is 431 g/mol. The number of carboxylic acids is 1. The van der Waals surface area contributed by atoms with E-state index < -0.39 is 12.1 Å². The summed E-state index contributed by atoms with van der Waals surface area (Å²) in [5, 5.41) is 22.9. The molecule has 2 atom stereocenters. The van der Waals surface area contributed by atoms with E-state index in [-0.39, 0.29) is 12.5 Å². The number of aromatic nitrogens is 2. The molecule has 0 saturated heterocycles. The van der Waals surface area contributed by atoms with Gasteiger partial charge in [0, 0.05) is 24.0 Å². The second-order valence-corrected chi connectivity index (χ2v) is 8.61. The first-order valence-corrected chi connectivity index (χ1v) is 11.1. The summed E-state index contributed by atoms with van der Waals surface area (Å²) in [4.78, 5) is 20.7. The molecule has 0 fully saturated rings. The number of benzene rings is 2. The van der Waals surface area contributed by atoms with E-state index in [1.165, 1.54) is 11.1 Å². The Kier molecular flexibility index (Phi) is 6.51. The van der Waals surface area contributed by atoms with Crippen molar-refractivity contribution >= 4 is 11.8 Å². The van der Waals surface area contributed by atoms with Crippen molar-refractivity contribution in [2.45, 2.75) is 58.1 Å². The molecule has 0 saturated carbocycles. The van der Waals surface area contributed by atoms with Crippen LogP contribution in [0.3, 0.4) is 0 Å². The molecule has 3 aromatic rings. The topological polar surface area (TPSA) is 95.3 Å². The smallest absolute Gasteiger partial charge is 0.303 e. The molecule has 1 aliphatic rings. The predicted molar refractivity (Wildman–Crippen MR) is 126 cm³/mol. The normalized spacial score (nSPS) is 17.5. The molecule has 3 N–H and O–H groups in total. The molecule has 32 heavy (non-hydrogen) atoms. The van der Waals surface area contributed by atoms with Gasteiger partial charge in [-0.2, -0.15) is 0 Å². The molecule has 0 bridgehead atoms. The summed E-state index contributed by atoms with van der Waals surface area (Å²) >= 11 is 0. The first kappa shape index (κ1) is 22.0. The van der Waals surface area contributed by atoms with E-state index in [4.69, 9.17) is 15.1 Å². The lowest BCUT2D eigenvalue weighted by Crippen LogP contribution is -2.40. The maximum absolute atomic E-state index is 10.8. The van der Waals surface area contributed by atoms with E-state index in [0.29, 0.717) is 25.1 Å². The van der Waals surface area contributed by atoms with Crippen molar-refractivity contribution in [3.05, 3.63) is 65.4 Å². The van der Waals surface area contributed by atoms with Crippen LogP contribution in [0.5, 0.6) is 0 Å². The fourth-order valence-electron chi connectivity index (χ4n) is 4.07. The van der Waals surface area contributed by atoms with Crippen molar-refractivity contribution < 1.29 is 15.0 Å². The maximum Gasteiger partial charge on any atom is 0.303 e. The number of nitrogens with one attached hydrogen (secondary N) is 1. The second kappa shape index (κ2) is 9.49. The Balaban J connectivity index is 1.68. The molecule has 0 aliphatic carbocycles. The van der Waals surface area contributed by atoms with Crippen molar-refractivity contribution in [2.24, 2.45) is 0 Å². The molecule has 0 spiro atoms. The van der Waals surface area contributed by atoms with E-state index in [0.717, 1.165) is 34.6 Å². The summed E-state index contributed by atoms with van der Waals surface area (Å²) in [6, 6.07) is 16.3. The molecule has 4 rings (SSSR count). The Bertz CT molecular complexity index is 1090. The fraction of sp³-hybridized carbons (Fsp3) is 0.346. The van der Waals surface area contributed by atoms with Gasteiger partial charge >= 0.3 is 5.97 Å². The largest absolute Gasteiger partial charge is 0.481 e. The molecular formula is C26H29N3O3. The molecule has 0 radical (unpaired) electrons. The number of carboxylic acid groups (broad SMARTS) is 1. The van der Waals surface area contributed by atoms with E-state index in [9.17, 15) is 9.90 Å². The molecule has 2 heterocycles. The van der Waals surface area contributed by atoms with Gasteiger partial charge in [0.05, 0.1) is 29.2 Å². The van der Waals surface area contributed by atoms with Gasteiger partial charge in [0.15, 0.2) is 0 Å². The van der Waals surface area contributed by atoms with E-state index in [2.05, 4.69) is 67.7 Å². The minimum Gasteiger partial charge on any atom is -0.481 e. The molecule has 2 aromatic carbocycles. The van der Waals surface area contributed by atoms with Crippen LogP contribution in [0.2, 0.25) is 0 Å². The molecule has 0 amide bonds. The van der Waals surface area contributed by atoms with Gasteiger partial charge in [-0.05, 0) is 26.7 Å². The zero-order valence-electron chi connectivity index (χ0n) is 18.5. The standard InChI is InChI=1S/C26H29N3O3/c1-16-7-11-18(12-8-16)24-25(19-13-9-17(2)10-14-19)29-26-21(27-24)15-22(30)20(28-26)5-3-4-6-23(31)32/h7-14,20,22,30H,3-6,15H2,1-2H3,(H,28,29)(H,31,32). The second-order valence-electron chi connectivity index (χ2n) is 8.61. The number of hydrogen-bond acceptors (Lipinski definition) is 5. The van der Waals surface area contributed by atoms with Gasteiger partial charge in [-0.1, -0.05) is 66.1 Å². The van der Waals surface area contributed by atoms with Crippen LogP contribution >= 0.6 is 0 Å². The van der Waals surface area contributed by atoms with Gasteiger partial charge < -0.3 is 15.5 Å². The molecular weight excluding hydrogens is 402 g/mol. The SMILES string of the molecule is Cc1ccc(-c2nc3c(nc2-c2ccc(C)cc2)NC(CCCCC(=O)O)C(O)C3)cc1. The number of aliphatic carboxylic acids is 1. The summed E-state index contributed by atoms with van der Waals surface area (Å²) in [6.07, 6.45) is 2.01. The Labute approximate surface area is 188 Å². The summed E-state index contributed by atoms with van der Waals surface area (Å²) in [5.41, 5.74) is 6.71. The number of unbranched alkanes of at least 4 members (excludes halogenated alkanes) is 1. The lowest BCUT2D eigenvalue weighted by atomic mass is 9.95. The van der Waals surface area contributed by atoms with Crippen LogP contribution in [0.4, 0.5) is 5.82 Å². The Morgan fingerprint density at radius 1 is 0.938 bits per heavy atom. The summed E-state index contributed by atoms with van der Waals surface area (Å²) in [5.74, 6) is -0.0882. The minimum absolute atomic E-state index is 0.149. The molecule has 6 heteroatoms. The van der Waals surface area contributed by atoms with Crippen molar-refractivity contribution in [3.8, 4) is 22.5 Å². The molecule has 2 unspecified atom stereocenters. The maximum atomic E-state index is 10.8. The third-order valence-electron chi connectivity index (χ3n) is 5.96. The van der Waals surface area contributed by atoms with Crippen LogP contribution in [0, 0.1) is 13.8 Å². The highest BCUT2D eigenvalue weighted by atomic mass is 16.4. The number of carbonyl (C=O) groups is 1. The van der Waals surface area contributed by atoms with Crippen molar-refractivity contribution in [1.82, 2.24) is 9.97 Å². The van der Waals surface area contributed by atoms with Gasteiger partial charge in [0.1, 0.15) is 5.82 Å². The van der Waals surface area contributed by atoms with Gasteiger partial charge in [0.25, 0.3) is 0 Å². The summed E-state index contributed by atoms with van der Waals surface area (Å²) in [7, 11) is 0. The number of anilines is 1. The fourth-order valence-corrected chi connectivity index (χ4v) is 4.07. The highest BCUT2D eigenvalue weighted by Gasteiger charge is 2.29. The Hall–Kier alpha value is -3.25. The number of aryl methyl sites for hydroxylation is 2. The molecule has 1 aliphatic heterocycles. The lowest BCUT2D eigenvalue weighted by Gasteiger charge is -2.31. The number of aliphatic hydroxyl groups is 1. The first-order valence-electron chi connectivity index (χ1n) is 11.1. The molecule has 6 nitrogen and oxygen atoms in total. The van der Waals surface area contributed by atoms with Crippen LogP contribution < -0.4 is 5.32 Å². The van der Waals surface area contributed by atoms with Crippen LogP contribution in [0.15, 0.2) is 48.5 Å². The summed E-state index contributed by atoms with van der Waals surface area (Å²) in [6.45, 7) is 4.11. The van der Waals surface area contributed by atoms with Crippen LogP contribution in [-0.4, -0.2) is 38.3 Å². The number of fused-ring (bicyclic) bond motifs is 1. The number of aliphatic hydroxyl groups excluding tert-OH is 1. The van der Waals surface area contributed by atoms with Gasteiger partial charge in [0.2, 0.25) is 0 Å². The van der Waals surface area contributed by atoms with Crippen LogP contribution in [0.1, 0.15) is 42.5 Å². The average molecular weight is 432 g/mol. The molecule has 1 aromatic heterocycles. The highest BCUT2D eigenvalue weighted by Crippen LogP contribution is 2.34. The van der Waals surface area contributed by atoms with E-state index >= 15 is 0 Å². The van der Waals surface area contributed by atoms with Gasteiger partial charge in [-0.15, -0.1) is 0 Å². The third-order valence-corrected chi connectivity index (χ3v) is 5.96. The number of rotatable bonds is 7. The lowest BCUT2D eigenvalue weighted by molar-refractivity contribution is -0.137. The Morgan fingerprint density at radius 2 is 1.50 bits per heavy atom. The minimum atomic E-state index is -0.787. The highest BCUT2D eigenvalue weighted by molar-refractivity contribution is 5.79. The quantitative estimate of drug-likeness (QED) is 0.467. The first-order chi connectivity index (χ1) is 15.4. The zero-order valence-corrected chi connectivity index (χ0v) is 18.5. The van der Waals surface area contributed by atoms with Crippen LogP contribution in [-0.2, 0) is 11.2 Å². The predicted octanol–water partition coefficient (Wildman–Crippen LogP) is 4.77. The zero-order chi connectivity index (χ0) is 22.7. The van der Waals surface area contributed by atoms with E-state index in [1.54, 1.807) is 0 Å². The van der Waals surface area contributed by atoms with Crippen LogP contribution in [0.25, 0.3) is 22.5 Å². The third kappa shape index (κ3) is 4.97. The molecule has 166 valence electrons. The number of nitrogens with zero attached hydrogens (tertiary/aromatic N) is 2. The van der Waals surface area contributed by atoms with Crippen molar-refractivity contribution in [3.63, 3.8) is 0 Å². The average Bonchev–Trinajstić information content (AvgIpc) is 2.77. The van der Waals surface area contributed by atoms with Gasteiger partial charge in [-0.3, -0.25) is 4.79 Å². The Morgan fingerprint density at radius 3 is 2.06 bits per heavy atom. The van der Waals surface area contributed by atoms with Crippen molar-refractivity contribution in [1.29, 1.82) is 0 Å². The van der Waals surface area contributed by atoms with E-state index in [1.807, 2.05) is 0 Å². The number of hydrogen-bond donors (Lipinski definition) is 3. The van der Waals surface area contributed by atoms with Gasteiger partial charge in [-0.25, -0.2) is 9.97 Å². The van der Waals surface area contributed by atoms with Crippen molar-refractivity contribution in [2.75, 3.05) is 5.32 Å². The summed E-state index contributed by atoms with van der Waals surface area (Å²) < 4.78 is 0.